The van der Waals surface area contributed by atoms with Gasteiger partial charge < -0.3 is 16.4 Å². The van der Waals surface area contributed by atoms with Gasteiger partial charge in [-0.25, -0.2) is 4.99 Å². The standard InChI is InChI=1S/C20H32N4O.HI/c1-4-22-19(24-14-20(9-6-10-20)12-15(2)3)23-13-16-7-5-8-17(11-16)18(21)25;/h5,7-8,11,15H,4,6,9-10,12-14H2,1-3H3,(H2,21,25)(H2,22,23,24);1H. The summed E-state index contributed by atoms with van der Waals surface area (Å²) < 4.78 is 0. The molecule has 4 N–H and O–H groups in total. The monoisotopic (exact) mass is 472 g/mol. The molecule has 0 radical (unpaired) electrons. The zero-order valence-corrected chi connectivity index (χ0v) is 18.5. The third-order valence-electron chi connectivity index (χ3n) is 4.86. The smallest absolute Gasteiger partial charge is 0.248 e. The molecule has 0 unspecified atom stereocenters. The van der Waals surface area contributed by atoms with E-state index in [1.54, 1.807) is 6.07 Å². The third-order valence-corrected chi connectivity index (χ3v) is 4.86. The minimum Gasteiger partial charge on any atom is -0.366 e. The predicted octanol–water partition coefficient (Wildman–Crippen LogP) is 3.68. The number of aliphatic imine (C=N–C) groups is 1. The van der Waals surface area contributed by atoms with Crippen LogP contribution in [0.3, 0.4) is 0 Å². The van der Waals surface area contributed by atoms with E-state index in [0.717, 1.165) is 30.5 Å². The molecule has 1 saturated carbocycles. The average molecular weight is 472 g/mol. The minimum absolute atomic E-state index is 0. The number of nitrogens with two attached hydrogens (primary N) is 1. The second kappa shape index (κ2) is 10.7. The van der Waals surface area contributed by atoms with Crippen molar-refractivity contribution in [1.29, 1.82) is 0 Å². The van der Waals surface area contributed by atoms with Gasteiger partial charge in [-0.15, -0.1) is 24.0 Å². The van der Waals surface area contributed by atoms with Gasteiger partial charge in [0.1, 0.15) is 0 Å². The summed E-state index contributed by atoms with van der Waals surface area (Å²) in [5.74, 6) is 1.15. The molecule has 5 nitrogen and oxygen atoms in total. The first-order chi connectivity index (χ1) is 11.9. The van der Waals surface area contributed by atoms with E-state index in [1.807, 2.05) is 18.2 Å². The molecule has 0 heterocycles. The second-order valence-electron chi connectivity index (χ2n) is 7.56. The topological polar surface area (TPSA) is 79.5 Å². The SMILES string of the molecule is CCNC(=NCc1cccc(C(N)=O)c1)NCC1(CC(C)C)CCC1.I. The Morgan fingerprint density at radius 3 is 2.58 bits per heavy atom. The van der Waals surface area contributed by atoms with E-state index in [9.17, 15) is 4.79 Å². The summed E-state index contributed by atoms with van der Waals surface area (Å²) in [5.41, 5.74) is 7.28. The molecule has 1 aromatic rings. The van der Waals surface area contributed by atoms with Gasteiger partial charge in [0.05, 0.1) is 6.54 Å². The normalized spacial score (nSPS) is 15.8. The first kappa shape index (κ1) is 22.7. The lowest BCUT2D eigenvalue weighted by Gasteiger charge is -2.43. The lowest BCUT2D eigenvalue weighted by Crippen LogP contribution is -2.47. The highest BCUT2D eigenvalue weighted by Gasteiger charge is 2.37. The molecule has 26 heavy (non-hydrogen) atoms. The zero-order valence-electron chi connectivity index (χ0n) is 16.2. The van der Waals surface area contributed by atoms with Gasteiger partial charge in [-0.05, 0) is 55.2 Å². The Bertz CT molecular complexity index is 612. The summed E-state index contributed by atoms with van der Waals surface area (Å²) >= 11 is 0. The van der Waals surface area contributed by atoms with Crippen LogP contribution in [0.4, 0.5) is 0 Å². The van der Waals surface area contributed by atoms with E-state index in [-0.39, 0.29) is 24.0 Å². The number of guanidine groups is 1. The van der Waals surface area contributed by atoms with Crippen molar-refractivity contribution >= 4 is 35.8 Å². The Morgan fingerprint density at radius 1 is 1.31 bits per heavy atom. The third kappa shape index (κ3) is 6.78. The van der Waals surface area contributed by atoms with E-state index < -0.39 is 5.91 Å². The second-order valence-corrected chi connectivity index (χ2v) is 7.56. The number of hydrogen-bond donors (Lipinski definition) is 3. The Kier molecular flexibility index (Phi) is 9.39. The zero-order chi connectivity index (χ0) is 18.3. The summed E-state index contributed by atoms with van der Waals surface area (Å²) in [6, 6.07) is 7.34. The molecule has 0 aliphatic heterocycles. The average Bonchev–Trinajstić information content (AvgIpc) is 2.54. The van der Waals surface area contributed by atoms with E-state index in [2.05, 4.69) is 36.4 Å². The van der Waals surface area contributed by atoms with Crippen LogP contribution in [0.5, 0.6) is 0 Å². The summed E-state index contributed by atoms with van der Waals surface area (Å²) in [7, 11) is 0. The summed E-state index contributed by atoms with van der Waals surface area (Å²) in [6.45, 7) is 8.98. The molecule has 1 aliphatic rings. The van der Waals surface area contributed by atoms with Crippen LogP contribution in [-0.4, -0.2) is 25.0 Å². The lowest BCUT2D eigenvalue weighted by atomic mass is 9.64. The maximum Gasteiger partial charge on any atom is 0.248 e. The van der Waals surface area contributed by atoms with Crippen molar-refractivity contribution in [3.05, 3.63) is 35.4 Å². The largest absolute Gasteiger partial charge is 0.366 e. The van der Waals surface area contributed by atoms with Crippen molar-refractivity contribution < 1.29 is 4.79 Å². The van der Waals surface area contributed by atoms with E-state index in [0.29, 0.717) is 17.5 Å². The molecular formula is C20H33IN4O. The van der Waals surface area contributed by atoms with Crippen LogP contribution in [0.25, 0.3) is 0 Å². The molecule has 1 amide bonds. The first-order valence-corrected chi connectivity index (χ1v) is 9.35. The molecule has 6 heteroatoms. The highest BCUT2D eigenvalue weighted by Crippen LogP contribution is 2.45. The number of primary amides is 1. The summed E-state index contributed by atoms with van der Waals surface area (Å²) in [5, 5.41) is 6.84. The van der Waals surface area contributed by atoms with E-state index >= 15 is 0 Å². The summed E-state index contributed by atoms with van der Waals surface area (Å²) in [4.78, 5) is 16.0. The van der Waals surface area contributed by atoms with Gasteiger partial charge in [-0.2, -0.15) is 0 Å². The number of halogens is 1. The number of rotatable bonds is 8. The molecule has 146 valence electrons. The van der Waals surface area contributed by atoms with Crippen molar-refractivity contribution in [2.24, 2.45) is 22.1 Å². The molecule has 1 fully saturated rings. The molecule has 0 aromatic heterocycles. The number of carbonyl (C=O) groups is 1. The van der Waals surface area contributed by atoms with Crippen molar-refractivity contribution in [3.63, 3.8) is 0 Å². The fraction of sp³-hybridized carbons (Fsp3) is 0.600. The van der Waals surface area contributed by atoms with Crippen LogP contribution < -0.4 is 16.4 Å². The van der Waals surface area contributed by atoms with Gasteiger partial charge in [0.15, 0.2) is 5.96 Å². The van der Waals surface area contributed by atoms with Crippen molar-refractivity contribution in [3.8, 4) is 0 Å². The highest BCUT2D eigenvalue weighted by atomic mass is 127. The Morgan fingerprint density at radius 2 is 2.04 bits per heavy atom. The molecular weight excluding hydrogens is 439 g/mol. The maximum absolute atomic E-state index is 11.3. The first-order valence-electron chi connectivity index (χ1n) is 9.35. The molecule has 1 aliphatic carbocycles. The van der Waals surface area contributed by atoms with Gasteiger partial charge >= 0.3 is 0 Å². The van der Waals surface area contributed by atoms with Crippen LogP contribution in [0, 0.1) is 11.3 Å². The number of carbonyl (C=O) groups excluding carboxylic acids is 1. The van der Waals surface area contributed by atoms with Crippen LogP contribution in [0.2, 0.25) is 0 Å². The van der Waals surface area contributed by atoms with Crippen LogP contribution >= 0.6 is 24.0 Å². The van der Waals surface area contributed by atoms with Crippen molar-refractivity contribution in [1.82, 2.24) is 10.6 Å². The van der Waals surface area contributed by atoms with Gasteiger partial charge in [0, 0.05) is 18.7 Å². The van der Waals surface area contributed by atoms with Gasteiger partial charge in [-0.1, -0.05) is 32.4 Å². The van der Waals surface area contributed by atoms with Crippen LogP contribution in [0.15, 0.2) is 29.3 Å². The van der Waals surface area contributed by atoms with Crippen molar-refractivity contribution in [2.75, 3.05) is 13.1 Å². The molecule has 0 bridgehead atoms. The van der Waals surface area contributed by atoms with Crippen LogP contribution in [-0.2, 0) is 6.54 Å². The molecule has 1 aromatic carbocycles. The molecule has 2 rings (SSSR count). The fourth-order valence-electron chi connectivity index (χ4n) is 3.60. The van der Waals surface area contributed by atoms with Gasteiger partial charge in [-0.3, -0.25) is 4.79 Å². The molecule has 0 saturated heterocycles. The van der Waals surface area contributed by atoms with Gasteiger partial charge in [0.25, 0.3) is 0 Å². The number of hydrogen-bond acceptors (Lipinski definition) is 2. The quantitative estimate of drug-likeness (QED) is 0.307. The number of benzene rings is 1. The highest BCUT2D eigenvalue weighted by molar-refractivity contribution is 14.0. The van der Waals surface area contributed by atoms with E-state index in [1.165, 1.54) is 25.7 Å². The molecule has 0 spiro atoms. The fourth-order valence-corrected chi connectivity index (χ4v) is 3.60. The van der Waals surface area contributed by atoms with Crippen molar-refractivity contribution in [2.45, 2.75) is 53.0 Å². The number of nitrogens with one attached hydrogen (secondary N) is 2. The number of amides is 1. The lowest BCUT2D eigenvalue weighted by molar-refractivity contribution is 0.1000. The Labute approximate surface area is 174 Å². The Hall–Kier alpha value is -1.31. The molecule has 0 atom stereocenters. The van der Waals surface area contributed by atoms with Gasteiger partial charge in [0.2, 0.25) is 5.91 Å². The number of nitrogens with zero attached hydrogens (tertiary/aromatic N) is 1. The summed E-state index contributed by atoms with van der Waals surface area (Å²) in [6.07, 6.45) is 5.21. The Balaban J connectivity index is 0.00000338. The minimum atomic E-state index is -0.406. The van der Waals surface area contributed by atoms with Crippen LogP contribution in [0.1, 0.15) is 62.4 Å². The van der Waals surface area contributed by atoms with E-state index in [4.69, 9.17) is 5.73 Å². The predicted molar refractivity (Wildman–Crippen MR) is 119 cm³/mol. The maximum atomic E-state index is 11.3.